The molecular formula is C21H31NO2. The van der Waals surface area contributed by atoms with Gasteiger partial charge in [0.25, 0.3) is 0 Å². The molecule has 8 aliphatic rings. The molecule has 0 aromatic carbocycles. The second-order valence-corrected chi connectivity index (χ2v) is 10.9. The lowest BCUT2D eigenvalue weighted by Crippen LogP contribution is -2.71. The van der Waals surface area contributed by atoms with E-state index in [0.717, 1.165) is 35.5 Å². The van der Waals surface area contributed by atoms with Gasteiger partial charge in [-0.3, -0.25) is 4.90 Å². The van der Waals surface area contributed by atoms with Crippen molar-refractivity contribution < 1.29 is 9.90 Å². The first kappa shape index (κ1) is 14.4. The van der Waals surface area contributed by atoms with Gasteiger partial charge in [-0.1, -0.05) is 0 Å². The minimum atomic E-state index is -0.570. The summed E-state index contributed by atoms with van der Waals surface area (Å²) in [5.41, 5.74) is 0.0402. The van der Waals surface area contributed by atoms with E-state index in [-0.39, 0.29) is 11.1 Å². The summed E-state index contributed by atoms with van der Waals surface area (Å²) < 4.78 is 0. The molecule has 3 nitrogen and oxygen atoms in total. The monoisotopic (exact) mass is 329 g/mol. The molecule has 8 saturated carbocycles. The summed E-state index contributed by atoms with van der Waals surface area (Å²) >= 11 is 0. The molecule has 3 heteroatoms. The fourth-order valence-electron chi connectivity index (χ4n) is 9.59. The Bertz CT molecular complexity index is 468. The first-order chi connectivity index (χ1) is 11.5. The van der Waals surface area contributed by atoms with Crippen LogP contribution in [0.2, 0.25) is 0 Å². The summed E-state index contributed by atoms with van der Waals surface area (Å²) in [5.74, 6) is 4.96. The average Bonchev–Trinajstić information content (AvgIpc) is 2.42. The van der Waals surface area contributed by atoms with Gasteiger partial charge in [-0.15, -0.1) is 0 Å². The predicted molar refractivity (Wildman–Crippen MR) is 91.7 cm³/mol. The van der Waals surface area contributed by atoms with Gasteiger partial charge in [-0.2, -0.15) is 0 Å². The summed E-state index contributed by atoms with van der Waals surface area (Å²) in [6.45, 7) is 0. The SMILES string of the molecule is O=C(O)N(C12CC3CC(CC(C3)C1)C2)C12CC3CC(CC(C3)C1)C2. The third-order valence-electron chi connectivity index (χ3n) is 9.15. The van der Waals surface area contributed by atoms with E-state index in [1.165, 1.54) is 77.0 Å². The molecule has 0 atom stereocenters. The van der Waals surface area contributed by atoms with Gasteiger partial charge in [0.05, 0.1) is 0 Å². The molecule has 8 aliphatic carbocycles. The summed E-state index contributed by atoms with van der Waals surface area (Å²) in [6.07, 6.45) is 14.9. The molecule has 0 unspecified atom stereocenters. The molecule has 0 aromatic heterocycles. The molecule has 8 bridgehead atoms. The third kappa shape index (κ3) is 1.82. The number of hydrogen-bond acceptors (Lipinski definition) is 1. The standard InChI is InChI=1S/C21H31NO2/c23-19(24)22(20-7-13-1-14(8-20)3-15(2-13)9-20)21-10-16-4-17(11-21)6-18(5-16)12-21/h13-18H,1-12H2,(H,23,24). The molecule has 8 fully saturated rings. The second kappa shape index (κ2) is 4.51. The van der Waals surface area contributed by atoms with E-state index in [0.29, 0.717) is 0 Å². The Balaban J connectivity index is 1.42. The van der Waals surface area contributed by atoms with Crippen molar-refractivity contribution in [3.05, 3.63) is 0 Å². The van der Waals surface area contributed by atoms with Gasteiger partial charge in [0, 0.05) is 11.1 Å². The van der Waals surface area contributed by atoms with Crippen molar-refractivity contribution in [3.8, 4) is 0 Å². The lowest BCUT2D eigenvalue weighted by Gasteiger charge is -2.68. The number of nitrogens with zero attached hydrogens (tertiary/aromatic N) is 1. The van der Waals surface area contributed by atoms with E-state index >= 15 is 0 Å². The van der Waals surface area contributed by atoms with Crippen LogP contribution in [-0.2, 0) is 0 Å². The molecular weight excluding hydrogens is 298 g/mol. The molecule has 0 radical (unpaired) electrons. The molecule has 1 amide bonds. The Morgan fingerprint density at radius 2 is 0.875 bits per heavy atom. The second-order valence-electron chi connectivity index (χ2n) is 10.9. The van der Waals surface area contributed by atoms with Gasteiger partial charge < -0.3 is 5.11 Å². The van der Waals surface area contributed by atoms with Crippen LogP contribution in [0.4, 0.5) is 4.79 Å². The van der Waals surface area contributed by atoms with E-state index in [1.807, 2.05) is 0 Å². The molecule has 1 N–H and O–H groups in total. The molecule has 24 heavy (non-hydrogen) atoms. The van der Waals surface area contributed by atoms with Crippen molar-refractivity contribution in [1.82, 2.24) is 4.90 Å². The van der Waals surface area contributed by atoms with E-state index in [4.69, 9.17) is 0 Å². The Kier molecular flexibility index (Phi) is 2.71. The molecule has 132 valence electrons. The van der Waals surface area contributed by atoms with Crippen molar-refractivity contribution in [2.24, 2.45) is 35.5 Å². The number of carbonyl (C=O) groups is 1. The van der Waals surface area contributed by atoms with Gasteiger partial charge in [0.2, 0.25) is 0 Å². The quantitative estimate of drug-likeness (QED) is 0.782. The smallest absolute Gasteiger partial charge is 0.408 e. The molecule has 0 aromatic rings. The van der Waals surface area contributed by atoms with Crippen molar-refractivity contribution in [2.75, 3.05) is 0 Å². The normalized spacial score (nSPS) is 56.7. The van der Waals surface area contributed by atoms with Crippen LogP contribution in [0, 0.1) is 35.5 Å². The van der Waals surface area contributed by atoms with Crippen molar-refractivity contribution in [2.45, 2.75) is 88.1 Å². The fraction of sp³-hybridized carbons (Fsp3) is 0.952. The van der Waals surface area contributed by atoms with Gasteiger partial charge in [-0.25, -0.2) is 4.79 Å². The van der Waals surface area contributed by atoms with Crippen LogP contribution < -0.4 is 0 Å². The predicted octanol–water partition coefficient (Wildman–Crippen LogP) is 4.90. The zero-order valence-electron chi connectivity index (χ0n) is 14.8. The van der Waals surface area contributed by atoms with Crippen LogP contribution in [0.25, 0.3) is 0 Å². The van der Waals surface area contributed by atoms with Crippen LogP contribution >= 0.6 is 0 Å². The Morgan fingerprint density at radius 3 is 1.08 bits per heavy atom. The largest absolute Gasteiger partial charge is 0.465 e. The molecule has 0 aliphatic heterocycles. The lowest BCUT2D eigenvalue weighted by atomic mass is 9.48. The Morgan fingerprint density at radius 1 is 0.625 bits per heavy atom. The van der Waals surface area contributed by atoms with E-state index in [9.17, 15) is 9.90 Å². The van der Waals surface area contributed by atoms with E-state index in [2.05, 4.69) is 4.90 Å². The summed E-state index contributed by atoms with van der Waals surface area (Å²) in [4.78, 5) is 14.8. The fourth-order valence-corrected chi connectivity index (χ4v) is 9.59. The van der Waals surface area contributed by atoms with E-state index < -0.39 is 6.09 Å². The van der Waals surface area contributed by atoms with Gasteiger partial charge in [-0.05, 0) is 113 Å². The highest BCUT2D eigenvalue weighted by Crippen LogP contribution is 2.64. The van der Waals surface area contributed by atoms with Crippen molar-refractivity contribution in [1.29, 1.82) is 0 Å². The number of rotatable bonds is 2. The van der Waals surface area contributed by atoms with Gasteiger partial charge in [0.15, 0.2) is 0 Å². The minimum absolute atomic E-state index is 0.0201. The summed E-state index contributed by atoms with van der Waals surface area (Å²) in [7, 11) is 0. The van der Waals surface area contributed by atoms with Gasteiger partial charge in [0.1, 0.15) is 0 Å². The highest BCUT2D eigenvalue weighted by molar-refractivity contribution is 5.68. The van der Waals surface area contributed by atoms with Gasteiger partial charge >= 0.3 is 6.09 Å². The highest BCUT2D eigenvalue weighted by Gasteiger charge is 2.63. The molecule has 0 spiro atoms. The van der Waals surface area contributed by atoms with Crippen molar-refractivity contribution in [3.63, 3.8) is 0 Å². The summed E-state index contributed by atoms with van der Waals surface area (Å²) in [6, 6.07) is 0. The molecule has 0 heterocycles. The number of hydrogen-bond donors (Lipinski definition) is 1. The maximum Gasteiger partial charge on any atom is 0.408 e. The number of carboxylic acid groups (broad SMARTS) is 1. The average molecular weight is 329 g/mol. The minimum Gasteiger partial charge on any atom is -0.465 e. The van der Waals surface area contributed by atoms with E-state index in [1.54, 1.807) is 0 Å². The van der Waals surface area contributed by atoms with Crippen LogP contribution in [0.15, 0.2) is 0 Å². The van der Waals surface area contributed by atoms with Crippen LogP contribution in [-0.4, -0.2) is 27.2 Å². The Hall–Kier alpha value is -0.730. The first-order valence-electron chi connectivity index (χ1n) is 10.6. The lowest BCUT2D eigenvalue weighted by molar-refractivity contribution is -0.160. The zero-order chi connectivity index (χ0) is 16.1. The highest BCUT2D eigenvalue weighted by atomic mass is 16.4. The Labute approximate surface area is 145 Å². The van der Waals surface area contributed by atoms with Crippen molar-refractivity contribution >= 4 is 6.09 Å². The third-order valence-corrected chi connectivity index (χ3v) is 9.15. The number of amides is 1. The summed E-state index contributed by atoms with van der Waals surface area (Å²) in [5, 5.41) is 10.4. The first-order valence-corrected chi connectivity index (χ1v) is 10.6. The maximum atomic E-state index is 12.7. The molecule has 0 saturated heterocycles. The maximum absolute atomic E-state index is 12.7. The molecule has 8 rings (SSSR count). The zero-order valence-corrected chi connectivity index (χ0v) is 14.8. The topological polar surface area (TPSA) is 40.5 Å². The van der Waals surface area contributed by atoms with Crippen LogP contribution in [0.3, 0.4) is 0 Å². The van der Waals surface area contributed by atoms with Crippen LogP contribution in [0.5, 0.6) is 0 Å². The van der Waals surface area contributed by atoms with Crippen LogP contribution in [0.1, 0.15) is 77.0 Å².